The van der Waals surface area contributed by atoms with E-state index in [0.29, 0.717) is 18.1 Å². The van der Waals surface area contributed by atoms with Gasteiger partial charge in [-0.15, -0.1) is 21.5 Å². The Morgan fingerprint density at radius 2 is 2.17 bits per heavy atom. The Labute approximate surface area is 137 Å². The van der Waals surface area contributed by atoms with Crippen LogP contribution in [0.4, 0.5) is 0 Å². The number of carbonyl (C=O) groups is 1. The molecule has 3 aromatic rings. The Morgan fingerprint density at radius 3 is 2.96 bits per heavy atom. The van der Waals surface area contributed by atoms with E-state index in [-0.39, 0.29) is 12.5 Å². The molecule has 1 aromatic carbocycles. The minimum Gasteiger partial charge on any atom is -0.378 e. The molecule has 23 heavy (non-hydrogen) atoms. The van der Waals surface area contributed by atoms with Crippen molar-refractivity contribution < 1.29 is 9.53 Å². The molecule has 1 amide bonds. The van der Waals surface area contributed by atoms with Crippen LogP contribution < -0.4 is 5.32 Å². The highest BCUT2D eigenvalue weighted by Gasteiger charge is 2.12. The maximum absolute atomic E-state index is 12.1. The summed E-state index contributed by atoms with van der Waals surface area (Å²) in [7, 11) is 1.59. The number of aromatic nitrogens is 4. The first-order valence-corrected chi connectivity index (χ1v) is 7.81. The highest BCUT2D eigenvalue weighted by molar-refractivity contribution is 7.09. The second-order valence-corrected chi connectivity index (χ2v) is 5.64. The van der Waals surface area contributed by atoms with Crippen molar-refractivity contribution in [3.63, 3.8) is 0 Å². The van der Waals surface area contributed by atoms with E-state index >= 15 is 0 Å². The third-order valence-corrected chi connectivity index (χ3v) is 3.93. The van der Waals surface area contributed by atoms with Crippen molar-refractivity contribution in [1.82, 2.24) is 25.1 Å². The first-order valence-electron chi connectivity index (χ1n) is 6.94. The van der Waals surface area contributed by atoms with Crippen LogP contribution in [0.3, 0.4) is 0 Å². The second-order valence-electron chi connectivity index (χ2n) is 4.69. The average Bonchev–Trinajstić information content (AvgIpc) is 3.23. The van der Waals surface area contributed by atoms with E-state index in [1.165, 1.54) is 11.3 Å². The lowest BCUT2D eigenvalue weighted by molar-refractivity contribution is 0.0944. The number of nitrogens with one attached hydrogen (secondary N) is 1. The van der Waals surface area contributed by atoms with Crippen molar-refractivity contribution in [3.8, 4) is 5.69 Å². The molecule has 0 atom stereocenters. The zero-order valence-electron chi connectivity index (χ0n) is 12.5. The predicted molar refractivity (Wildman–Crippen MR) is 85.4 cm³/mol. The van der Waals surface area contributed by atoms with E-state index in [1.807, 2.05) is 34.9 Å². The fourth-order valence-electron chi connectivity index (χ4n) is 2.04. The maximum atomic E-state index is 12.1. The molecular formula is C15H15N5O2S. The molecule has 0 spiro atoms. The molecule has 0 unspecified atom stereocenters. The third kappa shape index (κ3) is 3.61. The molecule has 0 aliphatic heterocycles. The average molecular weight is 329 g/mol. The lowest BCUT2D eigenvalue weighted by atomic mass is 10.3. The quantitative estimate of drug-likeness (QED) is 0.746. The summed E-state index contributed by atoms with van der Waals surface area (Å²) >= 11 is 1.40. The molecule has 8 heteroatoms. The molecule has 0 aliphatic carbocycles. The molecule has 0 bridgehead atoms. The molecule has 0 radical (unpaired) electrons. The number of hydrogen-bond acceptors (Lipinski definition) is 6. The van der Waals surface area contributed by atoms with Gasteiger partial charge < -0.3 is 10.1 Å². The zero-order valence-corrected chi connectivity index (χ0v) is 13.3. The molecule has 7 nitrogen and oxygen atoms in total. The summed E-state index contributed by atoms with van der Waals surface area (Å²) in [6.07, 6.45) is 1.62. The van der Waals surface area contributed by atoms with E-state index in [0.717, 1.165) is 10.7 Å². The summed E-state index contributed by atoms with van der Waals surface area (Å²) in [5.41, 5.74) is 1.32. The Bertz CT molecular complexity index is 784. The Kier molecular flexibility index (Phi) is 4.74. The van der Waals surface area contributed by atoms with Crippen LogP contribution in [0.1, 0.15) is 21.3 Å². The number of amides is 1. The summed E-state index contributed by atoms with van der Waals surface area (Å²) in [4.78, 5) is 16.4. The van der Waals surface area contributed by atoms with E-state index in [9.17, 15) is 4.79 Å². The Morgan fingerprint density at radius 1 is 1.35 bits per heavy atom. The summed E-state index contributed by atoms with van der Waals surface area (Å²) in [5.74, 6) is 0.406. The predicted octanol–water partition coefficient (Wildman–Crippen LogP) is 1.80. The summed E-state index contributed by atoms with van der Waals surface area (Å²) in [6, 6.07) is 9.71. The van der Waals surface area contributed by atoms with Gasteiger partial charge in [-0.3, -0.25) is 9.36 Å². The van der Waals surface area contributed by atoms with Gasteiger partial charge in [-0.1, -0.05) is 18.2 Å². The number of ether oxygens (including phenoxy) is 1. The lowest BCUT2D eigenvalue weighted by Gasteiger charge is -2.07. The maximum Gasteiger partial charge on any atom is 0.271 e. The van der Waals surface area contributed by atoms with Crippen LogP contribution in [0.5, 0.6) is 0 Å². The van der Waals surface area contributed by atoms with Gasteiger partial charge in [-0.25, -0.2) is 4.98 Å². The van der Waals surface area contributed by atoms with Gasteiger partial charge in [0.15, 0.2) is 5.82 Å². The van der Waals surface area contributed by atoms with Crippen molar-refractivity contribution >= 4 is 17.2 Å². The summed E-state index contributed by atoms with van der Waals surface area (Å²) in [6.45, 7) is 0.672. The number of benzene rings is 1. The minimum atomic E-state index is -0.244. The Balaban J connectivity index is 1.67. The first kappa shape index (κ1) is 15.3. The summed E-state index contributed by atoms with van der Waals surface area (Å²) < 4.78 is 6.83. The number of hydrogen-bond donors (Lipinski definition) is 1. The topological polar surface area (TPSA) is 81.9 Å². The van der Waals surface area contributed by atoms with Crippen LogP contribution in [-0.4, -0.2) is 32.8 Å². The molecule has 0 fully saturated rings. The molecule has 0 saturated heterocycles. The molecule has 3 rings (SSSR count). The highest BCUT2D eigenvalue weighted by atomic mass is 32.1. The van der Waals surface area contributed by atoms with Crippen LogP contribution in [0, 0.1) is 0 Å². The van der Waals surface area contributed by atoms with Crippen molar-refractivity contribution in [2.24, 2.45) is 0 Å². The van der Waals surface area contributed by atoms with Crippen LogP contribution in [0.2, 0.25) is 0 Å². The largest absolute Gasteiger partial charge is 0.378 e. The van der Waals surface area contributed by atoms with Crippen LogP contribution in [0.25, 0.3) is 5.69 Å². The zero-order chi connectivity index (χ0) is 16.1. The highest BCUT2D eigenvalue weighted by Crippen LogP contribution is 2.11. The number of methoxy groups -OCH3 is 1. The minimum absolute atomic E-state index is 0.244. The normalized spacial score (nSPS) is 10.7. The number of para-hydroxylation sites is 1. The molecular weight excluding hydrogens is 314 g/mol. The smallest absolute Gasteiger partial charge is 0.271 e. The number of thiazole rings is 1. The van der Waals surface area contributed by atoms with Gasteiger partial charge >= 0.3 is 0 Å². The standard InChI is InChI=1S/C15H15N5O2S/c1-22-8-14-18-12(9-23-14)15(21)16-7-13-19-17-10-20(13)11-5-3-2-4-6-11/h2-6,9-10H,7-8H2,1H3,(H,16,21). The van der Waals surface area contributed by atoms with Gasteiger partial charge in [0.2, 0.25) is 0 Å². The van der Waals surface area contributed by atoms with E-state index in [2.05, 4.69) is 20.5 Å². The first-order chi connectivity index (χ1) is 11.3. The SMILES string of the molecule is COCc1nc(C(=O)NCc2nncn2-c2ccccc2)cs1. The van der Waals surface area contributed by atoms with Gasteiger partial charge in [0.25, 0.3) is 5.91 Å². The van der Waals surface area contributed by atoms with Crippen LogP contribution in [-0.2, 0) is 17.9 Å². The van der Waals surface area contributed by atoms with Gasteiger partial charge in [0, 0.05) is 18.2 Å². The number of rotatable bonds is 6. The lowest BCUT2D eigenvalue weighted by Crippen LogP contribution is -2.24. The van der Waals surface area contributed by atoms with E-state index < -0.39 is 0 Å². The second kappa shape index (κ2) is 7.12. The van der Waals surface area contributed by atoms with Gasteiger partial charge in [-0.2, -0.15) is 0 Å². The van der Waals surface area contributed by atoms with Gasteiger partial charge in [-0.05, 0) is 12.1 Å². The molecule has 2 aromatic heterocycles. The molecule has 2 heterocycles. The summed E-state index contributed by atoms with van der Waals surface area (Å²) in [5, 5.41) is 13.3. The molecule has 118 valence electrons. The molecule has 1 N–H and O–H groups in total. The number of nitrogens with zero attached hydrogens (tertiary/aromatic N) is 4. The van der Waals surface area contributed by atoms with Crippen molar-refractivity contribution in [2.45, 2.75) is 13.2 Å². The molecule has 0 saturated carbocycles. The fourth-order valence-corrected chi connectivity index (χ4v) is 2.78. The molecule has 0 aliphatic rings. The van der Waals surface area contributed by atoms with Gasteiger partial charge in [0.05, 0.1) is 13.2 Å². The van der Waals surface area contributed by atoms with E-state index in [1.54, 1.807) is 18.8 Å². The van der Waals surface area contributed by atoms with Crippen molar-refractivity contribution in [2.75, 3.05) is 7.11 Å². The fraction of sp³-hybridized carbons (Fsp3) is 0.200. The van der Waals surface area contributed by atoms with Crippen LogP contribution in [0.15, 0.2) is 42.0 Å². The third-order valence-electron chi connectivity index (χ3n) is 3.11. The monoisotopic (exact) mass is 329 g/mol. The van der Waals surface area contributed by atoms with E-state index in [4.69, 9.17) is 4.74 Å². The van der Waals surface area contributed by atoms with Gasteiger partial charge in [0.1, 0.15) is 17.0 Å². The Hall–Kier alpha value is -2.58. The van der Waals surface area contributed by atoms with Crippen molar-refractivity contribution in [1.29, 1.82) is 0 Å². The van der Waals surface area contributed by atoms with Crippen LogP contribution >= 0.6 is 11.3 Å². The number of carbonyl (C=O) groups excluding carboxylic acids is 1. The van der Waals surface area contributed by atoms with Crippen molar-refractivity contribution in [3.05, 3.63) is 58.6 Å².